The number of aryl methyl sites for hydroxylation is 2. The van der Waals surface area contributed by atoms with Crippen LogP contribution < -0.4 is 5.32 Å². The number of rotatable bonds is 4. The summed E-state index contributed by atoms with van der Waals surface area (Å²) in [4.78, 5) is 4.53. The lowest BCUT2D eigenvalue weighted by atomic mass is 10.1. The topological polar surface area (TPSA) is 24.9 Å². The van der Waals surface area contributed by atoms with E-state index in [4.69, 9.17) is 0 Å². The van der Waals surface area contributed by atoms with Crippen molar-refractivity contribution in [1.82, 2.24) is 10.3 Å². The Morgan fingerprint density at radius 1 is 1.11 bits per heavy atom. The van der Waals surface area contributed by atoms with Gasteiger partial charge in [0.25, 0.3) is 0 Å². The fourth-order valence-electron chi connectivity index (χ4n) is 2.19. The summed E-state index contributed by atoms with van der Waals surface area (Å²) in [5.74, 6) is 0. The van der Waals surface area contributed by atoms with Gasteiger partial charge in [0, 0.05) is 16.6 Å². The monoisotopic (exact) mass is 256 g/mol. The lowest BCUT2D eigenvalue weighted by Crippen LogP contribution is -2.36. The van der Waals surface area contributed by atoms with Crippen LogP contribution in [0.3, 0.4) is 0 Å². The second kappa shape index (κ2) is 5.70. The van der Waals surface area contributed by atoms with Crippen molar-refractivity contribution in [2.24, 2.45) is 0 Å². The summed E-state index contributed by atoms with van der Waals surface area (Å²) in [5.41, 5.74) is 3.78. The zero-order valence-electron chi connectivity index (χ0n) is 12.5. The predicted octanol–water partition coefficient (Wildman–Crippen LogP) is 3.86. The Bertz CT molecular complexity index is 553. The number of fused-ring (bicyclic) bond motifs is 1. The van der Waals surface area contributed by atoms with E-state index in [2.05, 4.69) is 61.4 Å². The van der Waals surface area contributed by atoms with Crippen molar-refractivity contribution in [3.05, 3.63) is 41.6 Å². The molecule has 0 spiro atoms. The molecule has 0 aliphatic heterocycles. The second-order valence-electron chi connectivity index (χ2n) is 6.26. The highest BCUT2D eigenvalue weighted by Crippen LogP contribution is 2.15. The summed E-state index contributed by atoms with van der Waals surface area (Å²) < 4.78 is 0. The van der Waals surface area contributed by atoms with Crippen LogP contribution in [0.4, 0.5) is 0 Å². The van der Waals surface area contributed by atoms with Crippen molar-refractivity contribution in [3.8, 4) is 0 Å². The summed E-state index contributed by atoms with van der Waals surface area (Å²) in [6, 6.07) is 10.8. The van der Waals surface area contributed by atoms with Crippen LogP contribution in [-0.4, -0.2) is 17.1 Å². The van der Waals surface area contributed by atoms with Crippen LogP contribution in [0.2, 0.25) is 0 Å². The van der Waals surface area contributed by atoms with Gasteiger partial charge in [-0.1, -0.05) is 12.1 Å². The Morgan fingerprint density at radius 3 is 2.63 bits per heavy atom. The first-order valence-corrected chi connectivity index (χ1v) is 7.05. The molecule has 2 nitrogen and oxygen atoms in total. The molecule has 2 aromatic rings. The average Bonchev–Trinajstić information content (AvgIpc) is 2.33. The highest BCUT2D eigenvalue weighted by molar-refractivity contribution is 5.79. The normalized spacial score (nSPS) is 12.0. The number of benzene rings is 1. The molecule has 0 saturated heterocycles. The predicted molar refractivity (Wildman–Crippen MR) is 82.6 cm³/mol. The van der Waals surface area contributed by atoms with Crippen molar-refractivity contribution in [1.29, 1.82) is 0 Å². The fourth-order valence-corrected chi connectivity index (χ4v) is 2.19. The van der Waals surface area contributed by atoms with Gasteiger partial charge in [-0.15, -0.1) is 0 Å². The van der Waals surface area contributed by atoms with Crippen LogP contribution in [0.25, 0.3) is 10.9 Å². The third-order valence-corrected chi connectivity index (χ3v) is 3.19. The molecule has 0 atom stereocenters. The molecule has 0 radical (unpaired) electrons. The van der Waals surface area contributed by atoms with Crippen LogP contribution in [-0.2, 0) is 6.42 Å². The molecule has 0 aliphatic carbocycles. The lowest BCUT2D eigenvalue weighted by Gasteiger charge is -2.20. The van der Waals surface area contributed by atoms with E-state index in [0.717, 1.165) is 24.2 Å². The van der Waals surface area contributed by atoms with Gasteiger partial charge in [0.05, 0.1) is 5.52 Å². The van der Waals surface area contributed by atoms with Crippen molar-refractivity contribution in [3.63, 3.8) is 0 Å². The Hall–Kier alpha value is -1.41. The van der Waals surface area contributed by atoms with Gasteiger partial charge in [0.15, 0.2) is 0 Å². The molecule has 0 bridgehead atoms. The Labute approximate surface area is 116 Å². The van der Waals surface area contributed by atoms with Gasteiger partial charge in [-0.05, 0) is 70.8 Å². The molecule has 0 amide bonds. The molecule has 19 heavy (non-hydrogen) atoms. The Morgan fingerprint density at radius 2 is 1.89 bits per heavy atom. The number of hydrogen-bond acceptors (Lipinski definition) is 2. The van der Waals surface area contributed by atoms with E-state index >= 15 is 0 Å². The van der Waals surface area contributed by atoms with Crippen LogP contribution in [0.1, 0.15) is 38.4 Å². The minimum atomic E-state index is 0.213. The maximum absolute atomic E-state index is 4.53. The SMILES string of the molecule is Cc1ccc2cc(CCCNC(C)(C)C)ccc2n1. The third kappa shape index (κ3) is 4.32. The summed E-state index contributed by atoms with van der Waals surface area (Å²) in [5, 5.41) is 4.77. The molecule has 0 unspecified atom stereocenters. The number of nitrogens with zero attached hydrogens (tertiary/aromatic N) is 1. The second-order valence-corrected chi connectivity index (χ2v) is 6.26. The zero-order chi connectivity index (χ0) is 13.9. The molecule has 1 N–H and O–H groups in total. The molecule has 2 rings (SSSR count). The third-order valence-electron chi connectivity index (χ3n) is 3.19. The van der Waals surface area contributed by atoms with E-state index in [9.17, 15) is 0 Å². The first kappa shape index (κ1) is 14.0. The quantitative estimate of drug-likeness (QED) is 0.840. The Kier molecular flexibility index (Phi) is 4.20. The molecule has 1 heterocycles. The van der Waals surface area contributed by atoms with Gasteiger partial charge in [-0.2, -0.15) is 0 Å². The van der Waals surface area contributed by atoms with Crippen LogP contribution in [0.15, 0.2) is 30.3 Å². The van der Waals surface area contributed by atoms with Crippen LogP contribution >= 0.6 is 0 Å². The van der Waals surface area contributed by atoms with Gasteiger partial charge in [0.1, 0.15) is 0 Å². The van der Waals surface area contributed by atoms with Gasteiger partial charge in [-0.25, -0.2) is 0 Å². The standard InChI is InChI=1S/C17H24N2/c1-13-7-9-15-12-14(8-10-16(15)19-13)6-5-11-18-17(2,3)4/h7-10,12,18H,5-6,11H2,1-4H3. The Balaban J connectivity index is 1.96. The van der Waals surface area contributed by atoms with Crippen molar-refractivity contribution in [2.75, 3.05) is 6.54 Å². The van der Waals surface area contributed by atoms with E-state index in [1.54, 1.807) is 0 Å². The molecule has 1 aromatic carbocycles. The molecular weight excluding hydrogens is 232 g/mol. The largest absolute Gasteiger partial charge is 0.312 e. The maximum Gasteiger partial charge on any atom is 0.0705 e. The van der Waals surface area contributed by atoms with E-state index in [1.807, 2.05) is 6.92 Å². The van der Waals surface area contributed by atoms with Gasteiger partial charge in [0.2, 0.25) is 0 Å². The molecule has 0 aliphatic rings. The van der Waals surface area contributed by atoms with Crippen LogP contribution in [0.5, 0.6) is 0 Å². The van der Waals surface area contributed by atoms with Crippen molar-refractivity contribution >= 4 is 10.9 Å². The summed E-state index contributed by atoms with van der Waals surface area (Å²) in [7, 11) is 0. The average molecular weight is 256 g/mol. The van der Waals surface area contributed by atoms with E-state index < -0.39 is 0 Å². The van der Waals surface area contributed by atoms with Gasteiger partial charge in [-0.3, -0.25) is 4.98 Å². The highest BCUT2D eigenvalue weighted by Gasteiger charge is 2.07. The lowest BCUT2D eigenvalue weighted by molar-refractivity contribution is 0.422. The first-order chi connectivity index (χ1) is 8.94. The van der Waals surface area contributed by atoms with Gasteiger partial charge >= 0.3 is 0 Å². The minimum absolute atomic E-state index is 0.213. The number of nitrogens with one attached hydrogen (secondary N) is 1. The van der Waals surface area contributed by atoms with E-state index in [1.165, 1.54) is 17.4 Å². The molecule has 0 saturated carbocycles. The minimum Gasteiger partial charge on any atom is -0.312 e. The molecule has 1 aromatic heterocycles. The first-order valence-electron chi connectivity index (χ1n) is 7.05. The number of pyridine rings is 1. The molecule has 2 heteroatoms. The smallest absolute Gasteiger partial charge is 0.0705 e. The van der Waals surface area contributed by atoms with Crippen molar-refractivity contribution < 1.29 is 0 Å². The van der Waals surface area contributed by atoms with Crippen LogP contribution in [0, 0.1) is 6.92 Å². The number of hydrogen-bond donors (Lipinski definition) is 1. The van der Waals surface area contributed by atoms with Crippen molar-refractivity contribution in [2.45, 2.75) is 46.1 Å². The zero-order valence-corrected chi connectivity index (χ0v) is 12.5. The summed E-state index contributed by atoms with van der Waals surface area (Å²) >= 11 is 0. The molecular formula is C17H24N2. The fraction of sp³-hybridized carbons (Fsp3) is 0.471. The van der Waals surface area contributed by atoms with E-state index in [0.29, 0.717) is 0 Å². The number of aromatic nitrogens is 1. The molecule has 102 valence electrons. The maximum atomic E-state index is 4.53. The molecule has 0 fully saturated rings. The summed E-state index contributed by atoms with van der Waals surface area (Å²) in [6.07, 6.45) is 2.29. The summed E-state index contributed by atoms with van der Waals surface area (Å²) in [6.45, 7) is 9.71. The van der Waals surface area contributed by atoms with Gasteiger partial charge < -0.3 is 5.32 Å². The van der Waals surface area contributed by atoms with E-state index in [-0.39, 0.29) is 5.54 Å². The highest BCUT2D eigenvalue weighted by atomic mass is 14.9.